The summed E-state index contributed by atoms with van der Waals surface area (Å²) in [6.45, 7) is 2.19. The van der Waals surface area contributed by atoms with Crippen LogP contribution in [0.1, 0.15) is 47.2 Å². The number of nitrogens with one attached hydrogen (secondary N) is 1. The minimum atomic E-state index is -0.129. The van der Waals surface area contributed by atoms with Gasteiger partial charge in [-0.25, -0.2) is 4.98 Å². The van der Waals surface area contributed by atoms with E-state index in [9.17, 15) is 4.79 Å². The van der Waals surface area contributed by atoms with Crippen molar-refractivity contribution in [1.29, 1.82) is 0 Å². The highest BCUT2D eigenvalue weighted by Crippen LogP contribution is 2.36. The predicted molar refractivity (Wildman–Crippen MR) is 132 cm³/mol. The summed E-state index contributed by atoms with van der Waals surface area (Å²) in [7, 11) is 4.36. The molecule has 4 rings (SSSR count). The Morgan fingerprint density at radius 1 is 1.03 bits per heavy atom. The Balaban J connectivity index is 1.42. The third-order valence-corrected chi connectivity index (χ3v) is 6.95. The maximum Gasteiger partial charge on any atom is 0.257 e. The molecule has 172 valence electrons. The molecule has 0 radical (unpaired) electrons. The van der Waals surface area contributed by atoms with Gasteiger partial charge in [0, 0.05) is 17.8 Å². The molecule has 0 bridgehead atoms. The molecule has 5 nitrogen and oxygen atoms in total. The molecule has 0 unspecified atom stereocenters. The van der Waals surface area contributed by atoms with E-state index in [4.69, 9.17) is 4.74 Å². The first kappa shape index (κ1) is 23.0. The number of aromatic nitrogens is 1. The van der Waals surface area contributed by atoms with E-state index in [-0.39, 0.29) is 17.5 Å². The van der Waals surface area contributed by atoms with Gasteiger partial charge < -0.3 is 15.0 Å². The number of para-hydroxylation sites is 1. The summed E-state index contributed by atoms with van der Waals surface area (Å²) in [6, 6.07) is 21.8. The lowest BCUT2D eigenvalue weighted by Gasteiger charge is -2.45. The maximum absolute atomic E-state index is 13.1. The minimum Gasteiger partial charge on any atom is -0.438 e. The predicted octanol–water partition coefficient (Wildman–Crippen LogP) is 5.40. The van der Waals surface area contributed by atoms with E-state index in [1.807, 2.05) is 30.3 Å². The molecule has 0 spiro atoms. The smallest absolute Gasteiger partial charge is 0.257 e. The van der Waals surface area contributed by atoms with E-state index in [1.54, 1.807) is 18.3 Å². The van der Waals surface area contributed by atoms with Gasteiger partial charge in [0.1, 0.15) is 11.3 Å². The van der Waals surface area contributed by atoms with Gasteiger partial charge in [-0.2, -0.15) is 0 Å². The number of carbonyl (C=O) groups excluding carboxylic acids is 1. The van der Waals surface area contributed by atoms with E-state index in [0.717, 1.165) is 32.1 Å². The molecule has 1 aliphatic carbocycles. The molecule has 5 heteroatoms. The van der Waals surface area contributed by atoms with Crippen molar-refractivity contribution in [2.24, 2.45) is 0 Å². The topological polar surface area (TPSA) is 54.5 Å². The van der Waals surface area contributed by atoms with E-state index in [2.05, 4.69) is 60.5 Å². The highest BCUT2D eigenvalue weighted by atomic mass is 16.5. The summed E-state index contributed by atoms with van der Waals surface area (Å²) >= 11 is 0. The molecule has 1 heterocycles. The summed E-state index contributed by atoms with van der Waals surface area (Å²) in [6.07, 6.45) is 6.66. The molecule has 1 aliphatic rings. The molecular weight excluding hydrogens is 410 g/mol. The molecule has 3 aromatic rings. The molecule has 0 saturated heterocycles. The number of benzene rings is 2. The van der Waals surface area contributed by atoms with Gasteiger partial charge in [0.25, 0.3) is 5.91 Å². The van der Waals surface area contributed by atoms with Gasteiger partial charge >= 0.3 is 0 Å². The van der Waals surface area contributed by atoms with Crippen molar-refractivity contribution in [2.75, 3.05) is 14.1 Å². The maximum atomic E-state index is 13.1. The molecule has 1 amide bonds. The monoisotopic (exact) mass is 443 g/mol. The summed E-state index contributed by atoms with van der Waals surface area (Å²) in [5.74, 6) is 0.865. The number of hydrogen-bond acceptors (Lipinski definition) is 4. The van der Waals surface area contributed by atoms with Gasteiger partial charge in [-0.3, -0.25) is 4.79 Å². The number of amides is 1. The second-order valence-corrected chi connectivity index (χ2v) is 9.24. The van der Waals surface area contributed by atoms with Crippen LogP contribution in [0.25, 0.3) is 0 Å². The molecular formula is C28H33N3O2. The number of hydrogen-bond donors (Lipinski definition) is 1. The Morgan fingerprint density at radius 3 is 2.42 bits per heavy atom. The molecule has 2 aromatic carbocycles. The lowest BCUT2D eigenvalue weighted by Crippen LogP contribution is -2.52. The van der Waals surface area contributed by atoms with Crippen LogP contribution in [0.2, 0.25) is 0 Å². The fourth-order valence-corrected chi connectivity index (χ4v) is 4.75. The third kappa shape index (κ3) is 5.42. The fourth-order valence-electron chi connectivity index (χ4n) is 4.75. The highest BCUT2D eigenvalue weighted by Gasteiger charge is 2.38. The average Bonchev–Trinajstić information content (AvgIpc) is 2.83. The number of aryl methyl sites for hydroxylation is 1. The number of rotatable bonds is 7. The van der Waals surface area contributed by atoms with Crippen LogP contribution in [0.3, 0.4) is 0 Å². The number of carbonyl (C=O) groups is 1. The highest BCUT2D eigenvalue weighted by molar-refractivity contribution is 5.96. The Labute approximate surface area is 196 Å². The van der Waals surface area contributed by atoms with Crippen LogP contribution in [-0.2, 0) is 6.42 Å². The number of likely N-dealkylation sites (N-methyl/N-ethyl adjacent to an activating group) is 1. The molecule has 1 N–H and O–H groups in total. The SMILES string of the molecule is Cc1ccccc1CC1(N(C)C)CCC(NC(=O)c2cccnc2Oc2ccccc2)CC1. The Kier molecular flexibility index (Phi) is 7.09. The van der Waals surface area contributed by atoms with Gasteiger partial charge in [0.15, 0.2) is 0 Å². The summed E-state index contributed by atoms with van der Waals surface area (Å²) in [5.41, 5.74) is 3.33. The van der Waals surface area contributed by atoms with Crippen LogP contribution in [0.4, 0.5) is 0 Å². The van der Waals surface area contributed by atoms with Gasteiger partial charge in [-0.1, -0.05) is 42.5 Å². The third-order valence-electron chi connectivity index (χ3n) is 6.95. The molecule has 0 atom stereocenters. The van der Waals surface area contributed by atoms with Crippen LogP contribution < -0.4 is 10.1 Å². The van der Waals surface area contributed by atoms with Gasteiger partial charge in [0.05, 0.1) is 0 Å². The van der Waals surface area contributed by atoms with E-state index in [0.29, 0.717) is 17.2 Å². The summed E-state index contributed by atoms with van der Waals surface area (Å²) < 4.78 is 5.88. The minimum absolute atomic E-state index is 0.114. The van der Waals surface area contributed by atoms with Crippen LogP contribution in [0.15, 0.2) is 72.9 Å². The van der Waals surface area contributed by atoms with E-state index in [1.165, 1.54) is 11.1 Å². The van der Waals surface area contributed by atoms with Crippen molar-refractivity contribution in [3.63, 3.8) is 0 Å². The van der Waals surface area contributed by atoms with E-state index < -0.39 is 0 Å². The summed E-state index contributed by atoms with van der Waals surface area (Å²) in [4.78, 5) is 19.8. The average molecular weight is 444 g/mol. The zero-order valence-corrected chi connectivity index (χ0v) is 19.8. The second kappa shape index (κ2) is 10.2. The molecule has 1 aromatic heterocycles. The largest absolute Gasteiger partial charge is 0.438 e. The van der Waals surface area contributed by atoms with Crippen LogP contribution >= 0.6 is 0 Å². The van der Waals surface area contributed by atoms with Crippen LogP contribution in [0.5, 0.6) is 11.6 Å². The Hall–Kier alpha value is -3.18. The standard InChI is InChI=1S/C28H33N3O2/c1-21-10-7-8-11-22(21)20-28(31(2)3)17-15-23(16-18-28)30-26(32)25-14-9-19-29-27(25)33-24-12-5-4-6-13-24/h4-14,19,23H,15-18,20H2,1-3H3,(H,30,32). The fraction of sp³-hybridized carbons (Fsp3) is 0.357. The second-order valence-electron chi connectivity index (χ2n) is 9.24. The zero-order valence-electron chi connectivity index (χ0n) is 19.8. The van der Waals surface area contributed by atoms with Crippen LogP contribution in [-0.4, -0.2) is 41.5 Å². The first-order chi connectivity index (χ1) is 16.0. The molecule has 1 saturated carbocycles. The summed E-state index contributed by atoms with van der Waals surface area (Å²) in [5, 5.41) is 3.24. The zero-order chi connectivity index (χ0) is 23.3. The number of pyridine rings is 1. The van der Waals surface area contributed by atoms with Crippen molar-refractivity contribution in [1.82, 2.24) is 15.2 Å². The van der Waals surface area contributed by atoms with Crippen molar-refractivity contribution in [3.05, 3.63) is 89.6 Å². The lowest BCUT2D eigenvalue weighted by atomic mass is 9.74. The van der Waals surface area contributed by atoms with E-state index >= 15 is 0 Å². The van der Waals surface area contributed by atoms with Gasteiger partial charge in [0.2, 0.25) is 5.88 Å². The van der Waals surface area contributed by atoms with Crippen molar-refractivity contribution < 1.29 is 9.53 Å². The Morgan fingerprint density at radius 2 is 1.73 bits per heavy atom. The van der Waals surface area contributed by atoms with Crippen molar-refractivity contribution >= 4 is 5.91 Å². The number of nitrogens with zero attached hydrogens (tertiary/aromatic N) is 2. The first-order valence-corrected chi connectivity index (χ1v) is 11.7. The molecule has 33 heavy (non-hydrogen) atoms. The lowest BCUT2D eigenvalue weighted by molar-refractivity contribution is 0.0767. The Bertz CT molecular complexity index is 1070. The normalized spacial score (nSPS) is 20.4. The van der Waals surface area contributed by atoms with Crippen molar-refractivity contribution in [3.8, 4) is 11.6 Å². The van der Waals surface area contributed by atoms with Gasteiger partial charge in [-0.15, -0.1) is 0 Å². The molecule has 0 aliphatic heterocycles. The van der Waals surface area contributed by atoms with Crippen molar-refractivity contribution in [2.45, 2.75) is 50.6 Å². The number of ether oxygens (including phenoxy) is 1. The first-order valence-electron chi connectivity index (χ1n) is 11.7. The quantitative estimate of drug-likeness (QED) is 0.531. The molecule has 1 fully saturated rings. The van der Waals surface area contributed by atoms with Crippen LogP contribution in [0, 0.1) is 6.92 Å². The van der Waals surface area contributed by atoms with Gasteiger partial charge in [-0.05, 0) is 88.5 Å².